The predicted octanol–water partition coefficient (Wildman–Crippen LogP) is -0.359. The van der Waals surface area contributed by atoms with Crippen molar-refractivity contribution in [3.63, 3.8) is 0 Å². The SMILES string of the molecule is CC1CN(C(=O)N[C@@H](CO)C(=O)O)CC(C)(C)O1. The number of nitrogens with zero attached hydrogens (tertiary/aromatic N) is 1. The van der Waals surface area contributed by atoms with Crippen LogP contribution in [0.2, 0.25) is 0 Å². The fourth-order valence-electron chi connectivity index (χ4n) is 2.03. The second kappa shape index (κ2) is 5.53. The Balaban J connectivity index is 2.63. The number of aliphatic carboxylic acids is 1. The van der Waals surface area contributed by atoms with E-state index in [0.717, 1.165) is 0 Å². The molecule has 1 heterocycles. The summed E-state index contributed by atoms with van der Waals surface area (Å²) in [6, 6.07) is -1.78. The van der Waals surface area contributed by atoms with Gasteiger partial charge in [-0.2, -0.15) is 0 Å². The van der Waals surface area contributed by atoms with Crippen LogP contribution in [0.1, 0.15) is 20.8 Å². The number of morpholine rings is 1. The molecule has 1 rings (SSSR count). The number of amides is 2. The normalized spacial score (nSPS) is 24.4. The smallest absolute Gasteiger partial charge is 0.328 e. The summed E-state index contributed by atoms with van der Waals surface area (Å²) in [5, 5.41) is 19.9. The molecule has 0 radical (unpaired) electrons. The van der Waals surface area contributed by atoms with Gasteiger partial charge in [-0.05, 0) is 20.8 Å². The summed E-state index contributed by atoms with van der Waals surface area (Å²) < 4.78 is 5.65. The first-order valence-electron chi connectivity index (χ1n) is 5.82. The molecule has 0 aromatic rings. The molecule has 1 saturated heterocycles. The molecular formula is C11H20N2O5. The van der Waals surface area contributed by atoms with Crippen molar-refractivity contribution in [1.82, 2.24) is 10.2 Å². The van der Waals surface area contributed by atoms with Crippen LogP contribution < -0.4 is 5.32 Å². The molecule has 104 valence electrons. The molecule has 2 atom stereocenters. The molecule has 1 aliphatic heterocycles. The number of rotatable bonds is 3. The van der Waals surface area contributed by atoms with Crippen molar-refractivity contribution < 1.29 is 24.5 Å². The first kappa shape index (κ1) is 14.7. The molecule has 0 aromatic carbocycles. The van der Waals surface area contributed by atoms with Crippen molar-refractivity contribution in [2.75, 3.05) is 19.7 Å². The number of carboxylic acid groups (broad SMARTS) is 1. The van der Waals surface area contributed by atoms with Crippen molar-refractivity contribution in [3.05, 3.63) is 0 Å². The third-order valence-electron chi connectivity index (χ3n) is 2.63. The van der Waals surface area contributed by atoms with Crippen LogP contribution in [0.4, 0.5) is 4.79 Å². The number of ether oxygens (including phenoxy) is 1. The number of aliphatic hydroxyl groups is 1. The minimum atomic E-state index is -1.28. The Morgan fingerprint density at radius 1 is 1.56 bits per heavy atom. The van der Waals surface area contributed by atoms with Crippen LogP contribution in [0.5, 0.6) is 0 Å². The Morgan fingerprint density at radius 2 is 2.17 bits per heavy atom. The van der Waals surface area contributed by atoms with Crippen LogP contribution in [0.15, 0.2) is 0 Å². The van der Waals surface area contributed by atoms with Gasteiger partial charge in [-0.15, -0.1) is 0 Å². The van der Waals surface area contributed by atoms with E-state index in [-0.39, 0.29) is 6.10 Å². The maximum Gasteiger partial charge on any atom is 0.328 e. The van der Waals surface area contributed by atoms with Crippen LogP contribution >= 0.6 is 0 Å². The van der Waals surface area contributed by atoms with Crippen molar-refractivity contribution in [2.24, 2.45) is 0 Å². The van der Waals surface area contributed by atoms with E-state index in [1.165, 1.54) is 4.90 Å². The number of carbonyl (C=O) groups excluding carboxylic acids is 1. The fourth-order valence-corrected chi connectivity index (χ4v) is 2.03. The quantitative estimate of drug-likeness (QED) is 0.643. The largest absolute Gasteiger partial charge is 0.480 e. The highest BCUT2D eigenvalue weighted by molar-refractivity contribution is 5.82. The van der Waals surface area contributed by atoms with Crippen molar-refractivity contribution in [3.8, 4) is 0 Å². The van der Waals surface area contributed by atoms with E-state index in [1.54, 1.807) is 0 Å². The number of aliphatic hydroxyl groups excluding tert-OH is 1. The van der Waals surface area contributed by atoms with E-state index < -0.39 is 30.3 Å². The number of hydrogen-bond acceptors (Lipinski definition) is 4. The summed E-state index contributed by atoms with van der Waals surface area (Å²) >= 11 is 0. The molecule has 0 aliphatic carbocycles. The van der Waals surface area contributed by atoms with Gasteiger partial charge in [0, 0.05) is 6.54 Å². The lowest BCUT2D eigenvalue weighted by atomic mass is 10.1. The highest BCUT2D eigenvalue weighted by Crippen LogP contribution is 2.20. The Bertz CT molecular complexity index is 331. The lowest BCUT2D eigenvalue weighted by molar-refractivity contribution is -0.140. The van der Waals surface area contributed by atoms with Crippen LogP contribution in [0, 0.1) is 0 Å². The molecule has 0 aromatic heterocycles. The van der Waals surface area contributed by atoms with Crippen LogP contribution in [0.3, 0.4) is 0 Å². The van der Waals surface area contributed by atoms with Gasteiger partial charge in [-0.1, -0.05) is 0 Å². The third kappa shape index (κ3) is 3.85. The first-order valence-corrected chi connectivity index (χ1v) is 5.82. The monoisotopic (exact) mass is 260 g/mol. The molecule has 7 nitrogen and oxygen atoms in total. The Morgan fingerprint density at radius 3 is 2.61 bits per heavy atom. The van der Waals surface area contributed by atoms with Crippen molar-refractivity contribution in [2.45, 2.75) is 38.5 Å². The lowest BCUT2D eigenvalue weighted by Gasteiger charge is -2.41. The van der Waals surface area contributed by atoms with Gasteiger partial charge in [-0.3, -0.25) is 0 Å². The molecular weight excluding hydrogens is 240 g/mol. The average Bonchev–Trinajstić information content (AvgIpc) is 2.22. The highest BCUT2D eigenvalue weighted by Gasteiger charge is 2.34. The second-order valence-corrected chi connectivity index (χ2v) is 5.09. The maximum absolute atomic E-state index is 11.9. The van der Waals surface area contributed by atoms with Gasteiger partial charge in [0.25, 0.3) is 0 Å². The van der Waals surface area contributed by atoms with Crippen molar-refractivity contribution in [1.29, 1.82) is 0 Å². The first-order chi connectivity index (χ1) is 8.25. The fraction of sp³-hybridized carbons (Fsp3) is 0.818. The molecule has 0 saturated carbocycles. The van der Waals surface area contributed by atoms with Gasteiger partial charge in [-0.25, -0.2) is 9.59 Å². The van der Waals surface area contributed by atoms with E-state index in [0.29, 0.717) is 13.1 Å². The number of nitrogens with one attached hydrogen (secondary N) is 1. The Hall–Kier alpha value is -1.34. The van der Waals surface area contributed by atoms with E-state index in [1.807, 2.05) is 20.8 Å². The summed E-state index contributed by atoms with van der Waals surface area (Å²) in [6.07, 6.45) is -0.114. The average molecular weight is 260 g/mol. The molecule has 7 heteroatoms. The zero-order valence-corrected chi connectivity index (χ0v) is 10.8. The predicted molar refractivity (Wildman–Crippen MR) is 63.2 cm³/mol. The van der Waals surface area contributed by atoms with Gasteiger partial charge in [0.1, 0.15) is 0 Å². The van der Waals surface area contributed by atoms with Crippen LogP contribution in [-0.2, 0) is 9.53 Å². The molecule has 3 N–H and O–H groups in total. The maximum atomic E-state index is 11.9. The topological polar surface area (TPSA) is 99.1 Å². The zero-order chi connectivity index (χ0) is 13.9. The van der Waals surface area contributed by atoms with E-state index >= 15 is 0 Å². The lowest BCUT2D eigenvalue weighted by Crippen LogP contribution is -2.58. The minimum absolute atomic E-state index is 0.114. The molecule has 18 heavy (non-hydrogen) atoms. The number of hydrogen-bond donors (Lipinski definition) is 3. The summed E-state index contributed by atoms with van der Waals surface area (Å²) in [4.78, 5) is 24.1. The summed E-state index contributed by atoms with van der Waals surface area (Å²) in [5.41, 5.74) is -0.465. The molecule has 1 fully saturated rings. The van der Waals surface area contributed by atoms with E-state index in [9.17, 15) is 9.59 Å². The number of carbonyl (C=O) groups is 2. The van der Waals surface area contributed by atoms with Crippen LogP contribution in [0.25, 0.3) is 0 Å². The van der Waals surface area contributed by atoms with Gasteiger partial charge in [0.2, 0.25) is 0 Å². The molecule has 0 bridgehead atoms. The molecule has 0 spiro atoms. The Labute approximate surface area is 106 Å². The summed E-state index contributed by atoms with van der Waals surface area (Å²) in [7, 11) is 0. The van der Waals surface area contributed by atoms with Gasteiger partial charge >= 0.3 is 12.0 Å². The van der Waals surface area contributed by atoms with Gasteiger partial charge in [0.05, 0.1) is 24.9 Å². The van der Waals surface area contributed by atoms with Crippen LogP contribution in [-0.4, -0.2) is 64.6 Å². The minimum Gasteiger partial charge on any atom is -0.480 e. The van der Waals surface area contributed by atoms with Crippen molar-refractivity contribution >= 4 is 12.0 Å². The third-order valence-corrected chi connectivity index (χ3v) is 2.63. The zero-order valence-electron chi connectivity index (χ0n) is 10.8. The number of urea groups is 1. The highest BCUT2D eigenvalue weighted by atomic mass is 16.5. The molecule has 2 amide bonds. The number of carboxylic acids is 1. The second-order valence-electron chi connectivity index (χ2n) is 5.09. The van der Waals surface area contributed by atoms with Gasteiger partial charge in [0.15, 0.2) is 6.04 Å². The van der Waals surface area contributed by atoms with Gasteiger partial charge < -0.3 is 25.2 Å². The summed E-state index contributed by atoms with van der Waals surface area (Å²) in [6.45, 7) is 5.72. The molecule has 1 unspecified atom stereocenters. The molecule has 1 aliphatic rings. The summed E-state index contributed by atoms with van der Waals surface area (Å²) in [5.74, 6) is -1.26. The van der Waals surface area contributed by atoms with E-state index in [4.69, 9.17) is 14.9 Å². The van der Waals surface area contributed by atoms with E-state index in [2.05, 4.69) is 5.32 Å². The standard InChI is InChI=1S/C11H20N2O5/c1-7-4-13(6-11(2,3)18-7)10(17)12-8(5-14)9(15)16/h7-8,14H,4-6H2,1-3H3,(H,12,17)(H,15,16)/t7?,8-/m0/s1. The Kier molecular flexibility index (Phi) is 4.53.